The van der Waals surface area contributed by atoms with Crippen molar-refractivity contribution >= 4 is 21.1 Å². The molecule has 1 unspecified atom stereocenters. The normalized spacial score (nSPS) is 14.7. The summed E-state index contributed by atoms with van der Waals surface area (Å²) in [6.45, 7) is 5.86. The lowest BCUT2D eigenvalue weighted by molar-refractivity contribution is 0.681. The lowest BCUT2D eigenvalue weighted by atomic mass is 10.2. The Bertz CT molecular complexity index is 516. The Morgan fingerprint density at radius 3 is 2.60 bits per heavy atom. The van der Waals surface area contributed by atoms with Crippen LogP contribution >= 0.6 is 11.3 Å². The van der Waals surface area contributed by atoms with Gasteiger partial charge in [0.05, 0.1) is 20.4 Å². The van der Waals surface area contributed by atoms with Gasteiger partial charge in [-0.3, -0.25) is 0 Å². The highest BCUT2D eigenvalue weighted by Gasteiger charge is 2.17. The Balaban J connectivity index is 3.36. The maximum absolute atomic E-state index is 12.0. The summed E-state index contributed by atoms with van der Waals surface area (Å²) in [4.78, 5) is 4.33. The van der Waals surface area contributed by atoms with E-state index in [-0.39, 0.29) is 0 Å². The third kappa shape index (κ3) is 2.55. The van der Waals surface area contributed by atoms with Gasteiger partial charge in [0.2, 0.25) is 6.19 Å². The van der Waals surface area contributed by atoms with E-state index >= 15 is 0 Å². The predicted octanol–water partition coefficient (Wildman–Crippen LogP) is 2.51. The Morgan fingerprint density at radius 2 is 2.20 bits per heavy atom. The Labute approximate surface area is 94.2 Å². The Morgan fingerprint density at radius 1 is 1.60 bits per heavy atom. The van der Waals surface area contributed by atoms with Crippen LogP contribution in [0.1, 0.15) is 30.5 Å². The van der Waals surface area contributed by atoms with Crippen LogP contribution < -0.4 is 0 Å². The summed E-state index contributed by atoms with van der Waals surface area (Å²) in [6.07, 6.45) is 3.07. The number of thiazole rings is 1. The number of nitrogens with zero attached hydrogens (tertiary/aromatic N) is 3. The molecule has 0 aliphatic heterocycles. The highest BCUT2D eigenvalue weighted by Crippen LogP contribution is 2.28. The fourth-order valence-corrected chi connectivity index (χ4v) is 3.74. The highest BCUT2D eigenvalue weighted by molar-refractivity contribution is 7.95. The molecule has 0 N–H and O–H groups in total. The number of hydrogen-bond donors (Lipinski definition) is 0. The van der Waals surface area contributed by atoms with Crippen molar-refractivity contribution in [3.05, 3.63) is 10.7 Å². The van der Waals surface area contributed by atoms with Crippen LogP contribution in [0.3, 0.4) is 0 Å². The molecular weight excluding hydrogens is 230 g/mol. The molecule has 0 saturated heterocycles. The van der Waals surface area contributed by atoms with E-state index in [9.17, 15) is 4.21 Å². The van der Waals surface area contributed by atoms with Crippen molar-refractivity contribution in [2.75, 3.05) is 6.26 Å². The van der Waals surface area contributed by atoms with Gasteiger partial charge >= 0.3 is 0 Å². The molecule has 4 nitrogen and oxygen atoms in total. The van der Waals surface area contributed by atoms with E-state index in [1.807, 2.05) is 13.8 Å². The van der Waals surface area contributed by atoms with Gasteiger partial charge in [-0.15, -0.1) is 15.7 Å². The number of nitriles is 1. The quantitative estimate of drug-likeness (QED) is 0.749. The minimum atomic E-state index is -2.58. The minimum Gasteiger partial charge on any atom is -0.245 e. The Kier molecular flexibility index (Phi) is 3.47. The van der Waals surface area contributed by atoms with Crippen LogP contribution in [-0.2, 0) is 9.73 Å². The van der Waals surface area contributed by atoms with Crippen LogP contribution in [0.25, 0.3) is 0 Å². The molecule has 0 bridgehead atoms. The van der Waals surface area contributed by atoms with Gasteiger partial charge in [0.15, 0.2) is 0 Å². The second-order valence-electron chi connectivity index (χ2n) is 3.57. The van der Waals surface area contributed by atoms with Crippen LogP contribution in [0.4, 0.5) is 0 Å². The zero-order chi connectivity index (χ0) is 11.6. The first kappa shape index (κ1) is 12.1. The topological polar surface area (TPSA) is 66.1 Å². The second kappa shape index (κ2) is 4.29. The monoisotopic (exact) mass is 243 g/mol. The molecule has 1 aromatic rings. The van der Waals surface area contributed by atoms with Gasteiger partial charge < -0.3 is 0 Å². The summed E-state index contributed by atoms with van der Waals surface area (Å²) in [7, 11) is -2.58. The fourth-order valence-electron chi connectivity index (χ4n) is 1.12. The summed E-state index contributed by atoms with van der Waals surface area (Å²) in [5, 5.41) is 9.39. The molecule has 0 spiro atoms. The second-order valence-corrected chi connectivity index (χ2v) is 7.06. The molecule has 0 aromatic carbocycles. The highest BCUT2D eigenvalue weighted by atomic mass is 32.2. The Hall–Kier alpha value is -0.930. The van der Waals surface area contributed by atoms with Crippen LogP contribution in [0.5, 0.6) is 0 Å². The van der Waals surface area contributed by atoms with Gasteiger partial charge in [-0.25, -0.2) is 9.19 Å². The van der Waals surface area contributed by atoms with E-state index < -0.39 is 9.73 Å². The van der Waals surface area contributed by atoms with Gasteiger partial charge in [-0.2, -0.15) is 5.26 Å². The van der Waals surface area contributed by atoms with Crippen molar-refractivity contribution in [1.29, 1.82) is 5.26 Å². The van der Waals surface area contributed by atoms with Crippen molar-refractivity contribution in [3.63, 3.8) is 0 Å². The smallest absolute Gasteiger partial charge is 0.214 e. The van der Waals surface area contributed by atoms with Crippen molar-refractivity contribution in [2.45, 2.75) is 30.9 Å². The van der Waals surface area contributed by atoms with Crippen molar-refractivity contribution < 1.29 is 4.21 Å². The van der Waals surface area contributed by atoms with Gasteiger partial charge in [0.1, 0.15) is 4.21 Å². The van der Waals surface area contributed by atoms with Crippen LogP contribution in [0.2, 0.25) is 0 Å². The van der Waals surface area contributed by atoms with Crippen LogP contribution in [0.15, 0.2) is 8.57 Å². The largest absolute Gasteiger partial charge is 0.245 e. The standard InChI is InChI=1S/C9H13N3OS2/c1-6(2)8-12-7(3)9(14-8)15(4,13)11-5-10/h6H,1-4H3. The van der Waals surface area contributed by atoms with Gasteiger partial charge in [-0.05, 0) is 6.92 Å². The molecule has 6 heteroatoms. The third-order valence-corrected chi connectivity index (χ3v) is 5.67. The predicted molar refractivity (Wildman–Crippen MR) is 61.3 cm³/mol. The first-order chi connectivity index (χ1) is 6.88. The molecule has 15 heavy (non-hydrogen) atoms. The fraction of sp³-hybridized carbons (Fsp3) is 0.556. The molecule has 1 heterocycles. The molecule has 0 radical (unpaired) electrons. The summed E-state index contributed by atoms with van der Waals surface area (Å²) < 4.78 is 16.1. The number of rotatable bonds is 2. The lowest BCUT2D eigenvalue weighted by Crippen LogP contribution is -1.95. The first-order valence-corrected chi connectivity index (χ1v) is 7.20. The van der Waals surface area contributed by atoms with E-state index in [4.69, 9.17) is 5.26 Å². The summed E-state index contributed by atoms with van der Waals surface area (Å²) >= 11 is 1.38. The van der Waals surface area contributed by atoms with Crippen LogP contribution in [0, 0.1) is 18.4 Å². The van der Waals surface area contributed by atoms with Crippen LogP contribution in [-0.4, -0.2) is 15.4 Å². The third-order valence-electron chi connectivity index (χ3n) is 1.82. The zero-order valence-electron chi connectivity index (χ0n) is 9.14. The van der Waals surface area contributed by atoms with E-state index in [2.05, 4.69) is 9.35 Å². The van der Waals surface area contributed by atoms with E-state index in [0.717, 1.165) is 10.7 Å². The molecule has 1 rings (SSSR count). The maximum Gasteiger partial charge on any atom is 0.214 e. The molecule has 0 aliphatic rings. The SMILES string of the molecule is Cc1nc(C(C)C)sc1S(C)(=O)=NC#N. The lowest BCUT2D eigenvalue weighted by Gasteiger charge is -1.97. The van der Waals surface area contributed by atoms with E-state index in [1.54, 1.807) is 13.1 Å². The molecular formula is C9H13N3OS2. The summed E-state index contributed by atoms with van der Waals surface area (Å²) in [5.41, 5.74) is 0.718. The number of hydrogen-bond acceptors (Lipinski definition) is 5. The molecule has 0 fully saturated rings. The first-order valence-electron chi connectivity index (χ1n) is 4.46. The minimum absolute atomic E-state index is 0.305. The maximum atomic E-state index is 12.0. The zero-order valence-corrected chi connectivity index (χ0v) is 10.8. The number of aryl methyl sites for hydroxylation is 1. The van der Waals surface area contributed by atoms with E-state index in [1.165, 1.54) is 17.6 Å². The van der Waals surface area contributed by atoms with Gasteiger partial charge in [0.25, 0.3) is 0 Å². The summed E-state index contributed by atoms with van der Waals surface area (Å²) in [6, 6.07) is 0. The average Bonchev–Trinajstić information content (AvgIpc) is 2.47. The molecule has 0 amide bonds. The van der Waals surface area contributed by atoms with E-state index in [0.29, 0.717) is 10.1 Å². The molecule has 0 aliphatic carbocycles. The average molecular weight is 243 g/mol. The van der Waals surface area contributed by atoms with Gasteiger partial charge in [0, 0.05) is 12.2 Å². The molecule has 1 atom stereocenters. The van der Waals surface area contributed by atoms with Crippen molar-refractivity contribution in [1.82, 2.24) is 4.98 Å². The molecule has 82 valence electrons. The van der Waals surface area contributed by atoms with Gasteiger partial charge in [-0.1, -0.05) is 13.8 Å². The summed E-state index contributed by atoms with van der Waals surface area (Å²) in [5.74, 6) is 0.305. The van der Waals surface area contributed by atoms with Crippen molar-refractivity contribution in [3.8, 4) is 6.19 Å². The molecule has 1 aromatic heterocycles. The van der Waals surface area contributed by atoms with Crippen molar-refractivity contribution in [2.24, 2.45) is 4.36 Å². The number of aromatic nitrogens is 1. The molecule has 0 saturated carbocycles.